The van der Waals surface area contributed by atoms with E-state index in [1.165, 1.54) is 0 Å². The number of ether oxygens (including phenoxy) is 2. The largest absolute Gasteiger partial charge is 0.426 e. The normalized spacial score (nSPS) is 10.2. The molecule has 1 aromatic rings. The number of hydrogen-bond donors (Lipinski definition) is 0. The van der Waals surface area contributed by atoms with Crippen LogP contribution in [0.5, 0.6) is 5.75 Å². The highest BCUT2D eigenvalue weighted by atomic mass is 16.5. The highest BCUT2D eigenvalue weighted by Gasteiger charge is 2.07. The number of benzene rings is 1. The molecule has 0 aromatic heterocycles. The summed E-state index contributed by atoms with van der Waals surface area (Å²) in [5.41, 5.74) is 2.07. The number of aryl methyl sites for hydroxylation is 2. The Hall–Kier alpha value is -1.35. The molecule has 0 unspecified atom stereocenters. The van der Waals surface area contributed by atoms with Crippen molar-refractivity contribution < 1.29 is 14.3 Å². The second-order valence-electron chi connectivity index (χ2n) is 3.84. The molecule has 0 aliphatic carbocycles. The van der Waals surface area contributed by atoms with E-state index in [1.807, 2.05) is 32.0 Å². The quantitative estimate of drug-likeness (QED) is 0.436. The number of methoxy groups -OCH3 is 1. The summed E-state index contributed by atoms with van der Waals surface area (Å²) in [6.07, 6.45) is 1.08. The lowest BCUT2D eigenvalue weighted by Crippen LogP contribution is -2.09. The van der Waals surface area contributed by atoms with Gasteiger partial charge in [-0.25, -0.2) is 0 Å². The maximum atomic E-state index is 11.5. The van der Waals surface area contributed by atoms with E-state index >= 15 is 0 Å². The second-order valence-corrected chi connectivity index (χ2v) is 3.84. The summed E-state index contributed by atoms with van der Waals surface area (Å²) in [6.45, 7) is 4.49. The molecule has 0 saturated carbocycles. The van der Waals surface area contributed by atoms with Crippen molar-refractivity contribution in [3.8, 4) is 5.75 Å². The van der Waals surface area contributed by atoms with Crippen molar-refractivity contribution >= 4 is 5.97 Å². The molecule has 0 fully saturated rings. The van der Waals surface area contributed by atoms with E-state index in [-0.39, 0.29) is 5.97 Å². The van der Waals surface area contributed by atoms with Crippen LogP contribution in [-0.2, 0) is 9.53 Å². The molecule has 3 nitrogen and oxygen atoms in total. The van der Waals surface area contributed by atoms with Crippen molar-refractivity contribution in [2.24, 2.45) is 0 Å². The predicted molar refractivity (Wildman–Crippen MR) is 62.7 cm³/mol. The van der Waals surface area contributed by atoms with Gasteiger partial charge in [-0.15, -0.1) is 0 Å². The zero-order valence-electron chi connectivity index (χ0n) is 10.1. The summed E-state index contributed by atoms with van der Waals surface area (Å²) < 4.78 is 10.2. The Morgan fingerprint density at radius 1 is 1.31 bits per heavy atom. The molecular formula is C13H18O3. The Bertz CT molecular complexity index is 358. The van der Waals surface area contributed by atoms with Crippen molar-refractivity contribution in [3.05, 3.63) is 29.3 Å². The van der Waals surface area contributed by atoms with Crippen LogP contribution in [0.25, 0.3) is 0 Å². The van der Waals surface area contributed by atoms with E-state index in [0.29, 0.717) is 25.2 Å². The lowest BCUT2D eigenvalue weighted by atomic mass is 10.1. The molecule has 0 atom stereocenters. The van der Waals surface area contributed by atoms with Crippen LogP contribution < -0.4 is 4.74 Å². The summed E-state index contributed by atoms with van der Waals surface area (Å²) in [4.78, 5) is 11.5. The molecule has 0 aliphatic heterocycles. The van der Waals surface area contributed by atoms with Gasteiger partial charge in [0.05, 0.1) is 0 Å². The number of carbonyl (C=O) groups is 1. The molecule has 0 heterocycles. The molecule has 0 radical (unpaired) electrons. The van der Waals surface area contributed by atoms with Crippen LogP contribution in [-0.4, -0.2) is 19.7 Å². The van der Waals surface area contributed by atoms with Gasteiger partial charge in [0.1, 0.15) is 5.75 Å². The third kappa shape index (κ3) is 4.03. The summed E-state index contributed by atoms with van der Waals surface area (Å²) in [5.74, 6) is 0.452. The van der Waals surface area contributed by atoms with Gasteiger partial charge in [-0.2, -0.15) is 0 Å². The first kappa shape index (κ1) is 12.7. The van der Waals surface area contributed by atoms with E-state index in [2.05, 4.69) is 0 Å². The number of carbonyl (C=O) groups excluding carboxylic acids is 1. The molecule has 0 bridgehead atoms. The molecule has 0 aliphatic rings. The van der Waals surface area contributed by atoms with E-state index < -0.39 is 0 Å². The summed E-state index contributed by atoms with van der Waals surface area (Å²) in [6, 6.07) is 5.83. The first-order chi connectivity index (χ1) is 7.63. The van der Waals surface area contributed by atoms with Gasteiger partial charge in [-0.3, -0.25) is 4.79 Å². The summed E-state index contributed by atoms with van der Waals surface area (Å²) >= 11 is 0. The van der Waals surface area contributed by atoms with Crippen molar-refractivity contribution in [2.75, 3.05) is 13.7 Å². The average Bonchev–Trinajstić information content (AvgIpc) is 2.24. The molecule has 16 heavy (non-hydrogen) atoms. The molecule has 0 saturated heterocycles. The van der Waals surface area contributed by atoms with E-state index in [4.69, 9.17) is 9.47 Å². The molecule has 0 amide bonds. The first-order valence-electron chi connectivity index (χ1n) is 5.40. The van der Waals surface area contributed by atoms with E-state index in [0.717, 1.165) is 11.1 Å². The summed E-state index contributed by atoms with van der Waals surface area (Å²) in [7, 11) is 1.62. The fraction of sp³-hybridized carbons (Fsp3) is 0.462. The third-order valence-electron chi connectivity index (χ3n) is 2.30. The van der Waals surface area contributed by atoms with Crippen molar-refractivity contribution in [2.45, 2.75) is 26.7 Å². The highest BCUT2D eigenvalue weighted by Crippen LogP contribution is 2.19. The number of esters is 1. The zero-order valence-corrected chi connectivity index (χ0v) is 10.1. The Balaban J connectivity index is 2.52. The molecule has 1 rings (SSSR count). The van der Waals surface area contributed by atoms with Gasteiger partial charge in [0.2, 0.25) is 0 Å². The molecule has 0 spiro atoms. The highest BCUT2D eigenvalue weighted by molar-refractivity contribution is 5.72. The topological polar surface area (TPSA) is 35.5 Å². The average molecular weight is 222 g/mol. The van der Waals surface area contributed by atoms with E-state index in [1.54, 1.807) is 7.11 Å². The van der Waals surface area contributed by atoms with Gasteiger partial charge < -0.3 is 9.47 Å². The Morgan fingerprint density at radius 2 is 2.06 bits per heavy atom. The molecular weight excluding hydrogens is 204 g/mol. The lowest BCUT2D eigenvalue weighted by molar-refractivity contribution is -0.134. The maximum Gasteiger partial charge on any atom is 0.311 e. The minimum atomic E-state index is -0.203. The lowest BCUT2D eigenvalue weighted by Gasteiger charge is -2.07. The van der Waals surface area contributed by atoms with Crippen LogP contribution in [0.15, 0.2) is 18.2 Å². The van der Waals surface area contributed by atoms with Gasteiger partial charge in [0, 0.05) is 20.1 Å². The van der Waals surface area contributed by atoms with E-state index in [9.17, 15) is 4.79 Å². The summed E-state index contributed by atoms with van der Waals surface area (Å²) in [5, 5.41) is 0. The fourth-order valence-corrected chi connectivity index (χ4v) is 1.35. The van der Waals surface area contributed by atoms with Gasteiger partial charge in [0.25, 0.3) is 0 Å². The van der Waals surface area contributed by atoms with Crippen LogP contribution in [0.2, 0.25) is 0 Å². The second kappa shape index (κ2) is 6.28. The Labute approximate surface area is 96.4 Å². The zero-order chi connectivity index (χ0) is 12.0. The molecule has 88 valence electrons. The number of rotatable bonds is 5. The minimum absolute atomic E-state index is 0.203. The smallest absolute Gasteiger partial charge is 0.311 e. The Kier molecular flexibility index (Phi) is 4.99. The van der Waals surface area contributed by atoms with Crippen molar-refractivity contribution in [3.63, 3.8) is 0 Å². The standard InChI is InChI=1S/C13H18O3/c1-10-6-7-11(2)12(9-10)16-13(14)5-4-8-15-3/h6-7,9H,4-5,8H2,1-3H3. The van der Waals surface area contributed by atoms with Crippen molar-refractivity contribution in [1.82, 2.24) is 0 Å². The van der Waals surface area contributed by atoms with Gasteiger partial charge >= 0.3 is 5.97 Å². The molecule has 0 N–H and O–H groups in total. The molecule has 1 aromatic carbocycles. The SMILES string of the molecule is COCCCC(=O)Oc1cc(C)ccc1C. The van der Waals surface area contributed by atoms with Gasteiger partial charge in [-0.05, 0) is 37.5 Å². The molecule has 3 heteroatoms. The minimum Gasteiger partial charge on any atom is -0.426 e. The van der Waals surface area contributed by atoms with Crippen LogP contribution in [0, 0.1) is 13.8 Å². The van der Waals surface area contributed by atoms with Gasteiger partial charge in [0.15, 0.2) is 0 Å². The third-order valence-corrected chi connectivity index (χ3v) is 2.30. The first-order valence-corrected chi connectivity index (χ1v) is 5.40. The number of hydrogen-bond acceptors (Lipinski definition) is 3. The van der Waals surface area contributed by atoms with Crippen LogP contribution >= 0.6 is 0 Å². The maximum absolute atomic E-state index is 11.5. The predicted octanol–water partition coefficient (Wildman–Crippen LogP) is 2.64. The van der Waals surface area contributed by atoms with Gasteiger partial charge in [-0.1, -0.05) is 12.1 Å². The van der Waals surface area contributed by atoms with Crippen LogP contribution in [0.3, 0.4) is 0 Å². The van der Waals surface area contributed by atoms with Crippen LogP contribution in [0.1, 0.15) is 24.0 Å². The van der Waals surface area contributed by atoms with Crippen LogP contribution in [0.4, 0.5) is 0 Å². The Morgan fingerprint density at radius 3 is 2.75 bits per heavy atom. The monoisotopic (exact) mass is 222 g/mol. The van der Waals surface area contributed by atoms with Crippen molar-refractivity contribution in [1.29, 1.82) is 0 Å². The fourth-order valence-electron chi connectivity index (χ4n) is 1.35.